The molecule has 7 nitrogen and oxygen atoms in total. The van der Waals surface area contributed by atoms with Crippen LogP contribution in [-0.4, -0.2) is 36.4 Å². The molecular formula is C18H20N4O3S. The maximum absolute atomic E-state index is 12.9. The second-order valence-corrected chi connectivity index (χ2v) is 8.09. The molecule has 1 heterocycles. The number of hydrogen-bond donors (Lipinski definition) is 1. The lowest BCUT2D eigenvalue weighted by Crippen LogP contribution is -2.29. The second-order valence-electron chi connectivity index (χ2n) is 6.21. The van der Waals surface area contributed by atoms with Gasteiger partial charge in [0.1, 0.15) is 5.82 Å². The zero-order valence-electron chi connectivity index (χ0n) is 15.0. The van der Waals surface area contributed by atoms with Crippen molar-refractivity contribution in [2.45, 2.75) is 13.8 Å². The highest BCUT2D eigenvalue weighted by Crippen LogP contribution is 2.21. The van der Waals surface area contributed by atoms with Gasteiger partial charge in [-0.15, -0.1) is 0 Å². The minimum Gasteiger partial charge on any atom is -0.271 e. The monoisotopic (exact) mass is 372 g/mol. The van der Waals surface area contributed by atoms with E-state index >= 15 is 0 Å². The number of hydrogen-bond acceptors (Lipinski definition) is 4. The molecule has 3 rings (SSSR count). The molecule has 0 saturated heterocycles. The quantitative estimate of drug-likeness (QED) is 0.761. The van der Waals surface area contributed by atoms with Gasteiger partial charge in [-0.1, -0.05) is 12.1 Å². The lowest BCUT2D eigenvalue weighted by molar-refractivity contribution is 0.527. The Morgan fingerprint density at radius 2 is 1.77 bits per heavy atom. The van der Waals surface area contributed by atoms with Crippen molar-refractivity contribution >= 4 is 26.8 Å². The van der Waals surface area contributed by atoms with Crippen LogP contribution < -0.4 is 10.3 Å². The highest BCUT2D eigenvalue weighted by atomic mass is 32.2. The average molecular weight is 372 g/mol. The Morgan fingerprint density at radius 3 is 2.42 bits per heavy atom. The number of fused-ring (bicyclic) bond motifs is 1. The third kappa shape index (κ3) is 3.21. The van der Waals surface area contributed by atoms with Gasteiger partial charge in [0.25, 0.3) is 5.56 Å². The summed E-state index contributed by atoms with van der Waals surface area (Å²) in [6, 6.07) is 12.3. The van der Waals surface area contributed by atoms with Gasteiger partial charge in [0.15, 0.2) is 0 Å². The van der Waals surface area contributed by atoms with Crippen molar-refractivity contribution in [1.29, 1.82) is 0 Å². The Hall–Kier alpha value is -2.71. The van der Waals surface area contributed by atoms with Crippen molar-refractivity contribution in [3.05, 3.63) is 64.2 Å². The molecule has 1 N–H and O–H groups in total. The normalized spacial score (nSPS) is 11.9. The molecule has 0 saturated carbocycles. The zero-order chi connectivity index (χ0) is 19.1. The van der Waals surface area contributed by atoms with Crippen LogP contribution in [0.5, 0.6) is 0 Å². The number of aryl methyl sites for hydroxylation is 2. The van der Waals surface area contributed by atoms with Gasteiger partial charge >= 0.3 is 10.2 Å². The molecular weight excluding hydrogens is 352 g/mol. The highest BCUT2D eigenvalue weighted by Gasteiger charge is 2.15. The molecule has 2 aromatic carbocycles. The zero-order valence-corrected chi connectivity index (χ0v) is 15.8. The summed E-state index contributed by atoms with van der Waals surface area (Å²) >= 11 is 0. The molecule has 8 heteroatoms. The van der Waals surface area contributed by atoms with Crippen molar-refractivity contribution in [1.82, 2.24) is 13.9 Å². The molecule has 3 aromatic rings. The molecule has 0 radical (unpaired) electrons. The van der Waals surface area contributed by atoms with Gasteiger partial charge in [0, 0.05) is 14.1 Å². The lowest BCUT2D eigenvalue weighted by atomic mass is 10.1. The van der Waals surface area contributed by atoms with Gasteiger partial charge in [0.05, 0.1) is 22.3 Å². The van der Waals surface area contributed by atoms with Gasteiger partial charge in [-0.05, 0) is 49.7 Å². The van der Waals surface area contributed by atoms with Crippen LogP contribution in [0.4, 0.5) is 5.69 Å². The van der Waals surface area contributed by atoms with E-state index < -0.39 is 10.2 Å². The summed E-state index contributed by atoms with van der Waals surface area (Å²) in [5, 5.41) is 0.535. The number of nitrogens with zero attached hydrogens (tertiary/aromatic N) is 3. The predicted molar refractivity (Wildman–Crippen MR) is 103 cm³/mol. The molecule has 26 heavy (non-hydrogen) atoms. The number of para-hydroxylation sites is 1. The van der Waals surface area contributed by atoms with Gasteiger partial charge in [0.2, 0.25) is 0 Å². The molecule has 0 spiro atoms. The van der Waals surface area contributed by atoms with Crippen LogP contribution in [0.25, 0.3) is 16.6 Å². The van der Waals surface area contributed by atoms with E-state index in [0.717, 1.165) is 4.31 Å². The third-order valence-corrected chi connectivity index (χ3v) is 5.57. The van der Waals surface area contributed by atoms with Crippen molar-refractivity contribution in [3.63, 3.8) is 0 Å². The van der Waals surface area contributed by atoms with Gasteiger partial charge in [-0.25, -0.2) is 4.98 Å². The maximum Gasteiger partial charge on any atom is 0.301 e. The number of benzene rings is 2. The molecule has 1 aromatic heterocycles. The fourth-order valence-corrected chi connectivity index (χ4v) is 3.37. The van der Waals surface area contributed by atoms with E-state index in [1.54, 1.807) is 50.2 Å². The topological polar surface area (TPSA) is 84.3 Å². The second kappa shape index (κ2) is 6.54. The minimum atomic E-state index is -3.59. The average Bonchev–Trinajstić information content (AvgIpc) is 2.57. The van der Waals surface area contributed by atoms with Crippen LogP contribution in [0.3, 0.4) is 0 Å². The van der Waals surface area contributed by atoms with E-state index in [1.165, 1.54) is 18.7 Å². The number of nitrogens with one attached hydrogen (secondary N) is 1. The molecule has 0 fully saturated rings. The number of aromatic nitrogens is 2. The summed E-state index contributed by atoms with van der Waals surface area (Å²) in [7, 11) is -0.686. The molecule has 0 aliphatic carbocycles. The van der Waals surface area contributed by atoms with E-state index in [9.17, 15) is 13.2 Å². The van der Waals surface area contributed by atoms with Crippen LogP contribution in [-0.2, 0) is 10.2 Å². The summed E-state index contributed by atoms with van der Waals surface area (Å²) < 4.78 is 29.2. The maximum atomic E-state index is 12.9. The fourth-order valence-electron chi connectivity index (χ4n) is 2.68. The molecule has 0 aliphatic rings. The summed E-state index contributed by atoms with van der Waals surface area (Å²) in [5.41, 5.74) is 2.29. The smallest absolute Gasteiger partial charge is 0.271 e. The predicted octanol–water partition coefficient (Wildman–Crippen LogP) is 2.22. The van der Waals surface area contributed by atoms with E-state index in [4.69, 9.17) is 0 Å². The van der Waals surface area contributed by atoms with Crippen molar-refractivity contribution in [3.8, 4) is 5.69 Å². The third-order valence-electron chi connectivity index (χ3n) is 4.13. The first kappa shape index (κ1) is 18.1. The first-order chi connectivity index (χ1) is 12.2. The summed E-state index contributed by atoms with van der Waals surface area (Å²) in [6.07, 6.45) is 0. The Kier molecular flexibility index (Phi) is 4.55. The van der Waals surface area contributed by atoms with Crippen LogP contribution in [0.15, 0.2) is 47.3 Å². The van der Waals surface area contributed by atoms with E-state index in [0.29, 0.717) is 33.7 Å². The first-order valence-electron chi connectivity index (χ1n) is 8.00. The molecule has 0 aliphatic heterocycles. The lowest BCUT2D eigenvalue weighted by Gasteiger charge is -2.17. The minimum absolute atomic E-state index is 0.158. The summed E-state index contributed by atoms with van der Waals surface area (Å²) in [5.74, 6) is 0.565. The Labute approximate surface area is 152 Å². The van der Waals surface area contributed by atoms with Gasteiger partial charge < -0.3 is 0 Å². The van der Waals surface area contributed by atoms with Gasteiger partial charge in [-0.2, -0.15) is 12.7 Å². The standard InChI is InChI=1S/C18H20N4O3S/c1-12-11-14(9-10-16(12)20-26(24,25)21(3)4)22-13(2)19-17-8-6-5-7-15(17)18(22)23/h5-11,20H,1-4H3. The largest absolute Gasteiger partial charge is 0.301 e. The molecule has 136 valence electrons. The van der Waals surface area contributed by atoms with Crippen molar-refractivity contribution in [2.24, 2.45) is 0 Å². The van der Waals surface area contributed by atoms with Gasteiger partial charge in [-0.3, -0.25) is 14.1 Å². The fraction of sp³-hybridized carbons (Fsp3) is 0.222. The van der Waals surface area contributed by atoms with Crippen LogP contribution in [0, 0.1) is 13.8 Å². The van der Waals surface area contributed by atoms with Crippen LogP contribution >= 0.6 is 0 Å². The number of rotatable bonds is 4. The SMILES string of the molecule is Cc1cc(-n2c(C)nc3ccccc3c2=O)ccc1NS(=O)(=O)N(C)C. The van der Waals surface area contributed by atoms with Crippen LogP contribution in [0.1, 0.15) is 11.4 Å². The summed E-state index contributed by atoms with van der Waals surface area (Å²) in [4.78, 5) is 17.4. The van der Waals surface area contributed by atoms with E-state index in [1.807, 2.05) is 6.07 Å². The molecule has 0 bridgehead atoms. The van der Waals surface area contributed by atoms with Crippen LogP contribution in [0.2, 0.25) is 0 Å². The molecule has 0 atom stereocenters. The summed E-state index contributed by atoms with van der Waals surface area (Å²) in [6.45, 7) is 3.55. The Morgan fingerprint density at radius 1 is 1.08 bits per heavy atom. The molecule has 0 unspecified atom stereocenters. The first-order valence-corrected chi connectivity index (χ1v) is 9.44. The van der Waals surface area contributed by atoms with E-state index in [-0.39, 0.29) is 5.56 Å². The number of anilines is 1. The van der Waals surface area contributed by atoms with Crippen molar-refractivity contribution in [2.75, 3.05) is 18.8 Å². The van der Waals surface area contributed by atoms with Crippen molar-refractivity contribution < 1.29 is 8.42 Å². The molecule has 0 amide bonds. The van der Waals surface area contributed by atoms with E-state index in [2.05, 4.69) is 9.71 Å². The highest BCUT2D eigenvalue weighted by molar-refractivity contribution is 7.90. The Bertz CT molecular complexity index is 1150. The Balaban J connectivity index is 2.11.